The Labute approximate surface area is 98.4 Å². The average molecular weight is 231 g/mol. The third-order valence-electron chi connectivity index (χ3n) is 3.43. The molecule has 0 fully saturated rings. The number of para-hydroxylation sites is 1. The summed E-state index contributed by atoms with van der Waals surface area (Å²) in [5, 5.41) is 10.2. The molecular weight excluding hydrogens is 218 g/mol. The summed E-state index contributed by atoms with van der Waals surface area (Å²) in [5.41, 5.74) is 1.89. The van der Waals surface area contributed by atoms with Crippen LogP contribution in [0.25, 0.3) is 10.9 Å². The van der Waals surface area contributed by atoms with E-state index in [9.17, 15) is 4.79 Å². The molecule has 1 aromatic heterocycles. The molecule has 88 valence electrons. The third-order valence-corrected chi connectivity index (χ3v) is 3.43. The van der Waals surface area contributed by atoms with Crippen LogP contribution in [0.5, 0.6) is 5.75 Å². The topological polar surface area (TPSA) is 51.5 Å². The van der Waals surface area contributed by atoms with Gasteiger partial charge in [0.1, 0.15) is 5.75 Å². The lowest BCUT2D eigenvalue weighted by atomic mass is 10.0. The lowest BCUT2D eigenvalue weighted by Crippen LogP contribution is -2.07. The molecule has 17 heavy (non-hydrogen) atoms. The van der Waals surface area contributed by atoms with E-state index in [-0.39, 0.29) is 5.92 Å². The molecule has 0 saturated heterocycles. The molecule has 0 spiro atoms. The Bertz CT molecular complexity index is 600. The fraction of sp³-hybridized carbons (Fsp3) is 0.308. The van der Waals surface area contributed by atoms with Crippen LogP contribution in [0.1, 0.15) is 18.0 Å². The number of methoxy groups -OCH3 is 1. The molecule has 1 aliphatic heterocycles. The highest BCUT2D eigenvalue weighted by Gasteiger charge is 2.30. The molecule has 1 N–H and O–H groups in total. The molecule has 1 atom stereocenters. The van der Waals surface area contributed by atoms with Crippen LogP contribution in [0.15, 0.2) is 24.3 Å². The highest BCUT2D eigenvalue weighted by atomic mass is 16.5. The van der Waals surface area contributed by atoms with Gasteiger partial charge in [0, 0.05) is 17.6 Å². The zero-order valence-corrected chi connectivity index (χ0v) is 9.51. The van der Waals surface area contributed by atoms with Crippen molar-refractivity contribution in [1.82, 2.24) is 4.57 Å². The number of rotatable bonds is 2. The van der Waals surface area contributed by atoms with Crippen LogP contribution in [0.2, 0.25) is 0 Å². The van der Waals surface area contributed by atoms with Crippen molar-refractivity contribution in [2.75, 3.05) is 7.11 Å². The summed E-state index contributed by atoms with van der Waals surface area (Å²) < 4.78 is 7.40. The smallest absolute Gasteiger partial charge is 0.312 e. The number of ether oxygens (including phenoxy) is 1. The molecule has 1 aromatic carbocycles. The molecule has 4 heteroatoms. The first-order valence-corrected chi connectivity index (χ1v) is 5.61. The maximum absolute atomic E-state index is 11.2. The largest absolute Gasteiger partial charge is 0.495 e. The van der Waals surface area contributed by atoms with Gasteiger partial charge in [-0.2, -0.15) is 0 Å². The van der Waals surface area contributed by atoms with Crippen LogP contribution in [0.3, 0.4) is 0 Å². The Morgan fingerprint density at radius 2 is 2.35 bits per heavy atom. The zero-order chi connectivity index (χ0) is 12.0. The second-order valence-electron chi connectivity index (χ2n) is 4.30. The van der Waals surface area contributed by atoms with Crippen molar-refractivity contribution in [2.24, 2.45) is 0 Å². The van der Waals surface area contributed by atoms with Crippen molar-refractivity contribution < 1.29 is 14.6 Å². The number of carbonyl (C=O) groups is 1. The molecule has 1 aliphatic rings. The Hall–Kier alpha value is -1.97. The van der Waals surface area contributed by atoms with Gasteiger partial charge in [-0.1, -0.05) is 12.1 Å². The number of aromatic nitrogens is 1. The van der Waals surface area contributed by atoms with Crippen molar-refractivity contribution in [3.8, 4) is 5.75 Å². The second-order valence-corrected chi connectivity index (χ2v) is 4.30. The highest BCUT2D eigenvalue weighted by molar-refractivity contribution is 5.89. The molecule has 0 aliphatic carbocycles. The Kier molecular flexibility index (Phi) is 2.11. The number of benzene rings is 1. The summed E-state index contributed by atoms with van der Waals surface area (Å²) in [4.78, 5) is 11.2. The fourth-order valence-electron chi connectivity index (χ4n) is 2.66. The lowest BCUT2D eigenvalue weighted by molar-refractivity contribution is -0.138. The first kappa shape index (κ1) is 10.2. The molecule has 3 rings (SSSR count). The molecular formula is C13H13NO3. The van der Waals surface area contributed by atoms with Gasteiger partial charge in [-0.05, 0) is 18.6 Å². The summed E-state index contributed by atoms with van der Waals surface area (Å²) >= 11 is 0. The number of nitrogens with zero attached hydrogens (tertiary/aromatic N) is 1. The normalized spacial score (nSPS) is 18.3. The summed E-state index contributed by atoms with van der Waals surface area (Å²) in [6.45, 7) is 0.746. The summed E-state index contributed by atoms with van der Waals surface area (Å²) in [7, 11) is 1.64. The van der Waals surface area contributed by atoms with Crippen LogP contribution in [-0.4, -0.2) is 22.8 Å². The van der Waals surface area contributed by atoms with Crippen LogP contribution >= 0.6 is 0 Å². The summed E-state index contributed by atoms with van der Waals surface area (Å²) in [5.74, 6) is -0.322. The van der Waals surface area contributed by atoms with E-state index >= 15 is 0 Å². The SMILES string of the molecule is COc1cccc2cc3n(c12)CCC3C(=O)O. The van der Waals surface area contributed by atoms with Crippen LogP contribution < -0.4 is 4.74 Å². The summed E-state index contributed by atoms with van der Waals surface area (Å²) in [6.07, 6.45) is 0.665. The molecule has 0 radical (unpaired) electrons. The van der Waals surface area contributed by atoms with Crippen LogP contribution in [0, 0.1) is 0 Å². The minimum Gasteiger partial charge on any atom is -0.495 e. The van der Waals surface area contributed by atoms with Gasteiger partial charge in [-0.25, -0.2) is 0 Å². The first-order chi connectivity index (χ1) is 8.22. The van der Waals surface area contributed by atoms with E-state index in [0.29, 0.717) is 6.42 Å². The predicted molar refractivity (Wildman–Crippen MR) is 63.5 cm³/mol. The molecule has 2 heterocycles. The minimum absolute atomic E-state index is 0.382. The van der Waals surface area contributed by atoms with E-state index in [4.69, 9.17) is 9.84 Å². The summed E-state index contributed by atoms with van der Waals surface area (Å²) in [6, 6.07) is 7.78. The highest BCUT2D eigenvalue weighted by Crippen LogP contribution is 2.37. The van der Waals surface area contributed by atoms with Gasteiger partial charge in [0.25, 0.3) is 0 Å². The van der Waals surface area contributed by atoms with Gasteiger partial charge >= 0.3 is 5.97 Å². The average Bonchev–Trinajstić information content (AvgIpc) is 2.85. The Morgan fingerprint density at radius 1 is 1.53 bits per heavy atom. The number of hydrogen-bond acceptors (Lipinski definition) is 2. The number of fused-ring (bicyclic) bond motifs is 3. The predicted octanol–water partition coefficient (Wildman–Crippen LogP) is 2.22. The van der Waals surface area contributed by atoms with Crippen molar-refractivity contribution >= 4 is 16.9 Å². The van der Waals surface area contributed by atoms with E-state index in [2.05, 4.69) is 4.57 Å². The van der Waals surface area contributed by atoms with Gasteiger partial charge < -0.3 is 14.4 Å². The maximum Gasteiger partial charge on any atom is 0.312 e. The van der Waals surface area contributed by atoms with Gasteiger partial charge in [-0.3, -0.25) is 4.79 Å². The van der Waals surface area contributed by atoms with Gasteiger partial charge in [0.15, 0.2) is 0 Å². The number of carboxylic acid groups (broad SMARTS) is 1. The molecule has 4 nitrogen and oxygen atoms in total. The van der Waals surface area contributed by atoms with E-state index < -0.39 is 5.97 Å². The number of hydrogen-bond donors (Lipinski definition) is 1. The molecule has 0 bridgehead atoms. The van der Waals surface area contributed by atoms with Crippen molar-refractivity contribution in [2.45, 2.75) is 18.9 Å². The van der Waals surface area contributed by atoms with E-state index in [0.717, 1.165) is 28.9 Å². The Balaban J connectivity index is 2.27. The number of carboxylic acids is 1. The lowest BCUT2D eigenvalue weighted by Gasteiger charge is -2.05. The standard InChI is InChI=1S/C13H13NO3/c1-17-11-4-2-3-8-7-10-9(13(15)16)5-6-14(10)12(8)11/h2-4,7,9H,5-6H2,1H3,(H,15,16). The fourth-order valence-corrected chi connectivity index (χ4v) is 2.66. The minimum atomic E-state index is -0.745. The van der Waals surface area contributed by atoms with Gasteiger partial charge in [-0.15, -0.1) is 0 Å². The molecule has 0 amide bonds. The van der Waals surface area contributed by atoms with Crippen molar-refractivity contribution in [3.05, 3.63) is 30.0 Å². The monoisotopic (exact) mass is 231 g/mol. The van der Waals surface area contributed by atoms with E-state index in [1.165, 1.54) is 0 Å². The van der Waals surface area contributed by atoms with Crippen LogP contribution in [0.4, 0.5) is 0 Å². The van der Waals surface area contributed by atoms with Crippen molar-refractivity contribution in [1.29, 1.82) is 0 Å². The first-order valence-electron chi connectivity index (χ1n) is 5.61. The van der Waals surface area contributed by atoms with Gasteiger partial charge in [0.2, 0.25) is 0 Å². The quantitative estimate of drug-likeness (QED) is 0.862. The molecule has 1 unspecified atom stereocenters. The molecule has 0 saturated carbocycles. The van der Waals surface area contributed by atoms with Gasteiger partial charge in [0.05, 0.1) is 18.5 Å². The Morgan fingerprint density at radius 3 is 3.06 bits per heavy atom. The number of aliphatic carboxylic acids is 1. The number of aryl methyl sites for hydroxylation is 1. The van der Waals surface area contributed by atoms with E-state index in [1.54, 1.807) is 7.11 Å². The van der Waals surface area contributed by atoms with Crippen LogP contribution in [-0.2, 0) is 11.3 Å². The second kappa shape index (κ2) is 3.52. The zero-order valence-electron chi connectivity index (χ0n) is 9.51. The van der Waals surface area contributed by atoms with Crippen molar-refractivity contribution in [3.63, 3.8) is 0 Å². The van der Waals surface area contributed by atoms with E-state index in [1.807, 2.05) is 24.3 Å². The molecule has 2 aromatic rings. The third kappa shape index (κ3) is 1.33. The maximum atomic E-state index is 11.2.